The number of hydrogen-bond acceptors (Lipinski definition) is 0. The first-order chi connectivity index (χ1) is 7.96. The van der Waals surface area contributed by atoms with Crippen LogP contribution in [-0.4, -0.2) is 14.2 Å². The van der Waals surface area contributed by atoms with Crippen molar-refractivity contribution >= 4 is 14.2 Å². The van der Waals surface area contributed by atoms with E-state index in [4.69, 9.17) is 0 Å². The van der Waals surface area contributed by atoms with Crippen molar-refractivity contribution in [1.29, 1.82) is 0 Å². The van der Waals surface area contributed by atoms with Gasteiger partial charge in [-0.15, -0.1) is 0 Å². The van der Waals surface area contributed by atoms with E-state index in [9.17, 15) is 0 Å². The van der Waals surface area contributed by atoms with Gasteiger partial charge in [-0.1, -0.05) is 78.9 Å². The molecule has 0 aromatic carbocycles. The molecule has 0 aliphatic carbocycles. The van der Waals surface area contributed by atoms with Crippen LogP contribution in [0, 0.1) is 17.8 Å². The number of rotatable bonds is 8. The van der Waals surface area contributed by atoms with Crippen molar-refractivity contribution in [1.82, 2.24) is 0 Å². The van der Waals surface area contributed by atoms with E-state index >= 15 is 0 Å². The van der Waals surface area contributed by atoms with Crippen molar-refractivity contribution in [2.45, 2.75) is 86.1 Å². The first kappa shape index (κ1) is 22.2. The number of hydrogen-bond donors (Lipinski definition) is 0. The summed E-state index contributed by atoms with van der Waals surface area (Å²) in [6.07, 6.45) is 4.32. The third-order valence-corrected chi connectivity index (χ3v) is 6.05. The summed E-state index contributed by atoms with van der Waals surface area (Å²) in [5.74, 6) is 4.15. The summed E-state index contributed by atoms with van der Waals surface area (Å²) in [6, 6.07) is 0. The Balaban J connectivity index is 0. The Kier molecular flexibility index (Phi) is 10.5. The Hall–Kier alpha value is 0.879. The molecule has 0 nitrogen and oxygen atoms in total. The van der Waals surface area contributed by atoms with Crippen molar-refractivity contribution in [2.75, 3.05) is 0 Å². The van der Waals surface area contributed by atoms with E-state index in [1.807, 2.05) is 0 Å². The van der Waals surface area contributed by atoms with Crippen LogP contribution >= 0.6 is 0 Å². The summed E-state index contributed by atoms with van der Waals surface area (Å²) in [5.41, 5.74) is 0. The average Bonchev–Trinajstić information content (AvgIpc) is 1.92. The second-order valence-corrected chi connectivity index (χ2v) is 14.9. The van der Waals surface area contributed by atoms with Crippen LogP contribution in [0.25, 0.3) is 0 Å². The predicted octanol–water partition coefficient (Wildman–Crippen LogP) is 3.28. The van der Waals surface area contributed by atoms with Gasteiger partial charge in [0.25, 0.3) is 0 Å². The fourth-order valence-electron chi connectivity index (χ4n) is 4.84. The Morgan fingerprint density at radius 3 is 1.11 bits per heavy atom. The third-order valence-electron chi connectivity index (χ3n) is 3.96. The maximum absolute atomic E-state index is 2.56. The molecule has 0 unspecified atom stereocenters. The van der Waals surface area contributed by atoms with Crippen LogP contribution in [0.3, 0.4) is 0 Å². The standard InChI is InChI=1S/C16H38BSi.Li/c1-14(2)10-17(11-15(3)4,12-16(5)6)13-18(7,8)9;/h14-16H,10-13H2,1-9H3;/q-1;+1. The van der Waals surface area contributed by atoms with E-state index in [2.05, 4.69) is 61.2 Å². The molecule has 0 bridgehead atoms. The van der Waals surface area contributed by atoms with Crippen LogP contribution in [0.15, 0.2) is 0 Å². The smallest absolute Gasteiger partial charge is 0.182 e. The van der Waals surface area contributed by atoms with Gasteiger partial charge in [-0.05, 0) is 6.15 Å². The molecule has 19 heavy (non-hydrogen) atoms. The van der Waals surface area contributed by atoms with Crippen LogP contribution < -0.4 is 18.9 Å². The zero-order valence-corrected chi connectivity index (χ0v) is 16.6. The fraction of sp³-hybridized carbons (Fsp3) is 1.00. The topological polar surface area (TPSA) is 0 Å². The first-order valence-corrected chi connectivity index (χ1v) is 11.9. The molecular formula is C16H38BLiSi. The van der Waals surface area contributed by atoms with E-state index < -0.39 is 8.07 Å². The zero-order chi connectivity index (χ0) is 14.6. The van der Waals surface area contributed by atoms with Crippen molar-refractivity contribution in [3.63, 3.8) is 0 Å². The molecule has 3 heteroatoms. The largest absolute Gasteiger partial charge is 1.00 e. The normalized spacial score (nSPS) is 13.3. The quantitative estimate of drug-likeness (QED) is 0.597. The van der Waals surface area contributed by atoms with E-state index in [0.717, 1.165) is 17.8 Å². The molecule has 0 aliphatic heterocycles. The maximum atomic E-state index is 2.56. The van der Waals surface area contributed by atoms with Crippen LogP contribution in [0.5, 0.6) is 0 Å². The van der Waals surface area contributed by atoms with Gasteiger partial charge in [0.15, 0.2) is 0 Å². The molecule has 0 N–H and O–H groups in total. The molecule has 0 spiro atoms. The molecule has 0 aliphatic rings. The van der Waals surface area contributed by atoms with E-state index in [1.165, 1.54) is 19.0 Å². The van der Waals surface area contributed by atoms with Crippen LogP contribution in [-0.2, 0) is 0 Å². The van der Waals surface area contributed by atoms with Gasteiger partial charge < -0.3 is 0 Å². The van der Waals surface area contributed by atoms with Gasteiger partial charge >= 0.3 is 18.9 Å². The van der Waals surface area contributed by atoms with Crippen molar-refractivity contribution in [3.05, 3.63) is 0 Å². The molecule has 0 aromatic rings. The minimum atomic E-state index is -0.965. The Morgan fingerprint density at radius 2 is 0.947 bits per heavy atom. The molecular weight excluding hydrogens is 238 g/mol. The summed E-state index contributed by atoms with van der Waals surface area (Å²) in [5, 5.41) is 0. The summed E-state index contributed by atoms with van der Waals surface area (Å²) >= 11 is 0. The SMILES string of the molecule is CC(C)C[B-](CC(C)C)(CC(C)C)C[Si](C)(C)C.[Li+]. The van der Waals surface area contributed by atoms with E-state index in [1.54, 1.807) is 5.94 Å². The molecule has 0 amide bonds. The minimum Gasteiger partial charge on any atom is -0.182 e. The average molecular weight is 276 g/mol. The summed E-state index contributed by atoms with van der Waals surface area (Å²) in [4.78, 5) is 0. The Bertz CT molecular complexity index is 205. The maximum Gasteiger partial charge on any atom is 1.00 e. The van der Waals surface area contributed by atoms with Gasteiger partial charge in [0, 0.05) is 8.07 Å². The van der Waals surface area contributed by atoms with Crippen molar-refractivity contribution in [3.8, 4) is 0 Å². The Labute approximate surface area is 137 Å². The predicted molar refractivity (Wildman–Crippen MR) is 92.8 cm³/mol. The van der Waals surface area contributed by atoms with Gasteiger partial charge in [-0.2, -0.15) is 24.9 Å². The van der Waals surface area contributed by atoms with Crippen molar-refractivity contribution < 1.29 is 18.9 Å². The molecule has 0 heterocycles. The Morgan fingerprint density at radius 1 is 0.684 bits per heavy atom. The molecule has 0 fully saturated rings. The molecule has 0 saturated carbocycles. The molecule has 0 rings (SSSR count). The van der Waals surface area contributed by atoms with Gasteiger partial charge in [0.2, 0.25) is 0 Å². The first-order valence-electron chi connectivity index (χ1n) is 8.18. The molecule has 110 valence electrons. The second kappa shape index (κ2) is 9.01. The molecule has 0 saturated heterocycles. The molecule has 0 aromatic heterocycles. The van der Waals surface area contributed by atoms with E-state index in [-0.39, 0.29) is 25.0 Å². The summed E-state index contributed by atoms with van der Waals surface area (Å²) in [7, 11) is -0.965. The monoisotopic (exact) mass is 276 g/mol. The summed E-state index contributed by atoms with van der Waals surface area (Å²) in [6.45, 7) is 22.2. The van der Waals surface area contributed by atoms with Crippen LogP contribution in [0.2, 0.25) is 44.5 Å². The zero-order valence-electron chi connectivity index (χ0n) is 15.6. The van der Waals surface area contributed by atoms with E-state index in [0.29, 0.717) is 0 Å². The summed E-state index contributed by atoms with van der Waals surface area (Å²) < 4.78 is 0. The molecule has 0 radical (unpaired) electrons. The van der Waals surface area contributed by atoms with Gasteiger partial charge in [-0.25, -0.2) is 0 Å². The van der Waals surface area contributed by atoms with Crippen LogP contribution in [0.1, 0.15) is 41.5 Å². The van der Waals surface area contributed by atoms with Gasteiger partial charge in [-0.3, -0.25) is 0 Å². The third kappa shape index (κ3) is 11.2. The van der Waals surface area contributed by atoms with Gasteiger partial charge in [0.05, 0.1) is 0 Å². The van der Waals surface area contributed by atoms with Crippen molar-refractivity contribution in [2.24, 2.45) is 17.8 Å². The minimum absolute atomic E-state index is 0. The van der Waals surface area contributed by atoms with Crippen LogP contribution in [0.4, 0.5) is 0 Å². The fourth-order valence-corrected chi connectivity index (χ4v) is 7.94. The molecule has 0 atom stereocenters. The second-order valence-electron chi connectivity index (χ2n) is 9.39. The van der Waals surface area contributed by atoms with Gasteiger partial charge in [0.1, 0.15) is 0 Å².